The Morgan fingerprint density at radius 2 is 1.81 bits per heavy atom. The van der Waals surface area contributed by atoms with Gasteiger partial charge in [0, 0.05) is 39.3 Å². The molecule has 0 spiro atoms. The Labute approximate surface area is 179 Å². The average Bonchev–Trinajstić information content (AvgIpc) is 3.34. The number of amides is 1. The highest BCUT2D eigenvalue weighted by molar-refractivity contribution is 7.88. The molecule has 160 valence electrons. The van der Waals surface area contributed by atoms with Crippen molar-refractivity contribution in [3.63, 3.8) is 0 Å². The van der Waals surface area contributed by atoms with Crippen LogP contribution in [0.15, 0.2) is 47.1 Å². The lowest BCUT2D eigenvalue weighted by atomic mass is 10.1. The van der Waals surface area contributed by atoms with Gasteiger partial charge in [-0.15, -0.1) is 0 Å². The molecule has 10 heteroatoms. The van der Waals surface area contributed by atoms with Gasteiger partial charge in [-0.3, -0.25) is 9.20 Å². The van der Waals surface area contributed by atoms with E-state index in [1.54, 1.807) is 15.5 Å². The number of hydrogen-bond donors (Lipinski definition) is 0. The number of pyridine rings is 1. The summed E-state index contributed by atoms with van der Waals surface area (Å²) >= 11 is 0. The first-order valence-corrected chi connectivity index (χ1v) is 11.7. The van der Waals surface area contributed by atoms with Crippen molar-refractivity contribution in [1.29, 1.82) is 0 Å². The van der Waals surface area contributed by atoms with Crippen LogP contribution in [0.2, 0.25) is 0 Å². The van der Waals surface area contributed by atoms with E-state index in [0.717, 1.165) is 22.2 Å². The number of imidazole rings is 1. The van der Waals surface area contributed by atoms with Crippen LogP contribution < -0.4 is 0 Å². The summed E-state index contributed by atoms with van der Waals surface area (Å²) in [7, 11) is -3.25. The molecule has 31 heavy (non-hydrogen) atoms. The first kappa shape index (κ1) is 19.7. The highest BCUT2D eigenvalue weighted by atomic mass is 32.2. The van der Waals surface area contributed by atoms with Crippen molar-refractivity contribution >= 4 is 32.7 Å². The zero-order chi connectivity index (χ0) is 21.8. The van der Waals surface area contributed by atoms with Crippen molar-refractivity contribution in [2.75, 3.05) is 32.4 Å². The number of aromatic nitrogens is 3. The van der Waals surface area contributed by atoms with E-state index in [2.05, 4.69) is 9.97 Å². The van der Waals surface area contributed by atoms with Gasteiger partial charge in [0.15, 0.2) is 11.5 Å². The summed E-state index contributed by atoms with van der Waals surface area (Å²) in [6, 6.07) is 9.62. The minimum atomic E-state index is -3.25. The zero-order valence-corrected chi connectivity index (χ0v) is 18.0. The molecule has 9 nitrogen and oxygen atoms in total. The Bertz CT molecular complexity index is 1410. The lowest BCUT2D eigenvalue weighted by molar-refractivity contribution is 0.0691. The zero-order valence-electron chi connectivity index (χ0n) is 17.1. The van der Waals surface area contributed by atoms with Gasteiger partial charge < -0.3 is 9.32 Å². The van der Waals surface area contributed by atoms with Crippen LogP contribution in [0, 0.1) is 6.92 Å². The Balaban J connectivity index is 1.45. The molecule has 0 radical (unpaired) electrons. The third-order valence-electron chi connectivity index (χ3n) is 5.55. The second-order valence-electron chi connectivity index (χ2n) is 7.66. The Morgan fingerprint density at radius 1 is 1.06 bits per heavy atom. The van der Waals surface area contributed by atoms with Crippen LogP contribution in [0.3, 0.4) is 0 Å². The van der Waals surface area contributed by atoms with Crippen molar-refractivity contribution in [2.24, 2.45) is 0 Å². The highest BCUT2D eigenvalue weighted by Gasteiger charge is 2.28. The van der Waals surface area contributed by atoms with Crippen LogP contribution in [0.1, 0.15) is 16.4 Å². The average molecular weight is 439 g/mol. The number of oxazole rings is 1. The minimum absolute atomic E-state index is 0.166. The van der Waals surface area contributed by atoms with Gasteiger partial charge in [-0.2, -0.15) is 4.31 Å². The maximum absolute atomic E-state index is 13.1. The number of carbonyl (C=O) groups excluding carboxylic acids is 1. The summed E-state index contributed by atoms with van der Waals surface area (Å²) in [5.74, 6) is 0.446. The topological polar surface area (TPSA) is 101 Å². The normalized spacial score (nSPS) is 15.7. The Kier molecular flexibility index (Phi) is 4.56. The van der Waals surface area contributed by atoms with Crippen LogP contribution >= 0.6 is 0 Å². The third kappa shape index (κ3) is 3.57. The molecule has 1 aliphatic rings. The molecule has 1 aromatic carbocycles. The summed E-state index contributed by atoms with van der Waals surface area (Å²) in [6.45, 7) is 3.10. The van der Waals surface area contributed by atoms with E-state index in [1.165, 1.54) is 10.6 Å². The predicted octanol–water partition coefficient (Wildman–Crippen LogP) is 2.17. The number of benzene rings is 1. The van der Waals surface area contributed by atoms with Crippen molar-refractivity contribution in [1.82, 2.24) is 23.6 Å². The molecule has 0 saturated carbocycles. The van der Waals surface area contributed by atoms with E-state index < -0.39 is 10.0 Å². The quantitative estimate of drug-likeness (QED) is 0.485. The lowest BCUT2D eigenvalue weighted by Gasteiger charge is -2.33. The maximum Gasteiger partial charge on any atom is 0.272 e. The van der Waals surface area contributed by atoms with Crippen LogP contribution in [0.25, 0.3) is 27.9 Å². The van der Waals surface area contributed by atoms with Crippen LogP contribution in [0.4, 0.5) is 0 Å². The number of rotatable bonds is 3. The van der Waals surface area contributed by atoms with Gasteiger partial charge in [-0.25, -0.2) is 18.4 Å². The van der Waals surface area contributed by atoms with E-state index in [-0.39, 0.29) is 5.91 Å². The second-order valence-corrected chi connectivity index (χ2v) is 9.64. The molecule has 1 fully saturated rings. The summed E-state index contributed by atoms with van der Waals surface area (Å²) in [4.78, 5) is 23.5. The molecule has 3 aromatic heterocycles. The molecule has 0 aliphatic carbocycles. The molecule has 0 atom stereocenters. The summed E-state index contributed by atoms with van der Waals surface area (Å²) < 4.78 is 32.2. The van der Waals surface area contributed by atoms with Crippen LogP contribution in [-0.4, -0.2) is 70.3 Å². The number of fused-ring (bicyclic) bond motifs is 2. The smallest absolute Gasteiger partial charge is 0.272 e. The first-order valence-electron chi connectivity index (χ1n) is 9.89. The number of nitrogens with zero attached hydrogens (tertiary/aromatic N) is 5. The molecule has 0 bridgehead atoms. The van der Waals surface area contributed by atoms with E-state index in [1.807, 2.05) is 43.5 Å². The summed E-state index contributed by atoms with van der Waals surface area (Å²) in [5, 5.41) is 0. The third-order valence-corrected chi connectivity index (χ3v) is 6.85. The monoisotopic (exact) mass is 439 g/mol. The second kappa shape index (κ2) is 7.17. The predicted molar refractivity (Wildman–Crippen MR) is 115 cm³/mol. The van der Waals surface area contributed by atoms with Crippen LogP contribution in [0.5, 0.6) is 0 Å². The number of sulfonamides is 1. The molecule has 4 aromatic rings. The molecule has 5 rings (SSSR count). The fourth-order valence-electron chi connectivity index (χ4n) is 3.92. The molecular weight excluding hydrogens is 418 g/mol. The standard InChI is InChI=1S/C21H21N5O4S/c1-14-23-17-11-15(3-5-19(17)30-14)16-4-6-20-22-12-18(26(20)13-16)21(27)24-7-9-25(10-8-24)31(2,28)29/h3-6,11-13H,7-10H2,1-2H3. The molecule has 4 heterocycles. The van der Waals surface area contributed by atoms with Crippen molar-refractivity contribution in [3.05, 3.63) is 54.3 Å². The van der Waals surface area contributed by atoms with Gasteiger partial charge >= 0.3 is 0 Å². The molecule has 0 N–H and O–H groups in total. The van der Waals surface area contributed by atoms with Crippen molar-refractivity contribution in [3.8, 4) is 11.1 Å². The largest absolute Gasteiger partial charge is 0.441 e. The first-order chi connectivity index (χ1) is 14.8. The number of hydrogen-bond acceptors (Lipinski definition) is 6. The Hall–Kier alpha value is -3.24. The molecule has 1 amide bonds. The number of carbonyl (C=O) groups is 1. The molecule has 1 saturated heterocycles. The number of piperazine rings is 1. The summed E-state index contributed by atoms with van der Waals surface area (Å²) in [6.07, 6.45) is 4.64. The van der Waals surface area contributed by atoms with Gasteiger partial charge in [0.05, 0.1) is 12.5 Å². The van der Waals surface area contributed by atoms with Gasteiger partial charge in [0.25, 0.3) is 5.91 Å². The minimum Gasteiger partial charge on any atom is -0.441 e. The Morgan fingerprint density at radius 3 is 2.55 bits per heavy atom. The van der Waals surface area contributed by atoms with Crippen LogP contribution in [-0.2, 0) is 10.0 Å². The SMILES string of the molecule is Cc1nc2cc(-c3ccc4ncc(C(=O)N5CCN(S(C)(=O)=O)CC5)n4c3)ccc2o1. The highest BCUT2D eigenvalue weighted by Crippen LogP contribution is 2.26. The van der Waals surface area contributed by atoms with E-state index in [0.29, 0.717) is 43.4 Å². The van der Waals surface area contributed by atoms with Gasteiger partial charge in [0.2, 0.25) is 10.0 Å². The molecule has 0 unspecified atom stereocenters. The molecule has 1 aliphatic heterocycles. The van der Waals surface area contributed by atoms with Gasteiger partial charge in [-0.1, -0.05) is 6.07 Å². The van der Waals surface area contributed by atoms with E-state index in [4.69, 9.17) is 4.42 Å². The van der Waals surface area contributed by atoms with E-state index >= 15 is 0 Å². The fraction of sp³-hybridized carbons (Fsp3) is 0.286. The maximum atomic E-state index is 13.1. The van der Waals surface area contributed by atoms with Crippen molar-refractivity contribution in [2.45, 2.75) is 6.92 Å². The summed E-state index contributed by atoms with van der Waals surface area (Å²) in [5.41, 5.74) is 4.50. The fourth-order valence-corrected chi connectivity index (χ4v) is 4.74. The lowest BCUT2D eigenvalue weighted by Crippen LogP contribution is -2.50. The van der Waals surface area contributed by atoms with Gasteiger partial charge in [-0.05, 0) is 35.4 Å². The molecular formula is C21H21N5O4S. The van der Waals surface area contributed by atoms with E-state index in [9.17, 15) is 13.2 Å². The van der Waals surface area contributed by atoms with Gasteiger partial charge in [0.1, 0.15) is 16.9 Å². The number of aryl methyl sites for hydroxylation is 1. The van der Waals surface area contributed by atoms with Crippen molar-refractivity contribution < 1.29 is 17.6 Å².